The number of aryl methyl sites for hydroxylation is 1. The fourth-order valence-electron chi connectivity index (χ4n) is 2.33. The Balaban J connectivity index is 1.92. The first-order chi connectivity index (χ1) is 8.68. The average molecular weight is 244 g/mol. The van der Waals surface area contributed by atoms with E-state index in [-0.39, 0.29) is 0 Å². The monoisotopic (exact) mass is 244 g/mol. The van der Waals surface area contributed by atoms with Crippen molar-refractivity contribution in [2.75, 3.05) is 13.1 Å². The highest BCUT2D eigenvalue weighted by Gasteiger charge is 2.03. The lowest BCUT2D eigenvalue weighted by molar-refractivity contribution is 0.522. The maximum atomic E-state index is 3.52. The molecule has 0 amide bonds. The number of para-hydroxylation sites is 1. The summed E-state index contributed by atoms with van der Waals surface area (Å²) in [6.07, 6.45) is 3.51. The van der Waals surface area contributed by atoms with Crippen molar-refractivity contribution in [3.8, 4) is 0 Å². The lowest BCUT2D eigenvalue weighted by atomic mass is 10.1. The average Bonchev–Trinajstić information content (AvgIpc) is 2.66. The number of aromatic nitrogens is 1. The Hall–Kier alpha value is -1.28. The zero-order valence-electron chi connectivity index (χ0n) is 11.7. The van der Waals surface area contributed by atoms with Gasteiger partial charge in [-0.15, -0.1) is 0 Å². The Morgan fingerprint density at radius 3 is 2.72 bits per heavy atom. The highest BCUT2D eigenvalue weighted by atomic mass is 15.0. The van der Waals surface area contributed by atoms with Crippen LogP contribution in [0.2, 0.25) is 0 Å². The van der Waals surface area contributed by atoms with Crippen molar-refractivity contribution in [3.05, 3.63) is 36.0 Å². The molecule has 0 bridgehead atoms. The van der Waals surface area contributed by atoms with Gasteiger partial charge in [0.1, 0.15) is 0 Å². The highest BCUT2D eigenvalue weighted by molar-refractivity contribution is 5.83. The third kappa shape index (κ3) is 3.14. The van der Waals surface area contributed by atoms with E-state index in [1.165, 1.54) is 22.9 Å². The minimum absolute atomic E-state index is 0.784. The highest BCUT2D eigenvalue weighted by Crippen LogP contribution is 2.19. The normalized spacial score (nSPS) is 11.6. The fraction of sp³-hybridized carbons (Fsp3) is 0.500. The van der Waals surface area contributed by atoms with Crippen molar-refractivity contribution in [1.29, 1.82) is 0 Å². The molecule has 2 rings (SSSR count). The first kappa shape index (κ1) is 13.2. The Morgan fingerprint density at radius 2 is 1.94 bits per heavy atom. The third-order valence-electron chi connectivity index (χ3n) is 3.42. The summed E-state index contributed by atoms with van der Waals surface area (Å²) >= 11 is 0. The topological polar surface area (TPSA) is 17.0 Å². The van der Waals surface area contributed by atoms with E-state index in [1.807, 2.05) is 0 Å². The number of nitrogens with one attached hydrogen (secondary N) is 1. The summed E-state index contributed by atoms with van der Waals surface area (Å²) in [4.78, 5) is 0. The summed E-state index contributed by atoms with van der Waals surface area (Å²) in [5.74, 6) is 0.784. The van der Waals surface area contributed by atoms with Gasteiger partial charge in [-0.1, -0.05) is 32.0 Å². The van der Waals surface area contributed by atoms with Gasteiger partial charge in [-0.2, -0.15) is 0 Å². The molecule has 0 saturated heterocycles. The molecule has 1 aromatic heterocycles. The quantitative estimate of drug-likeness (QED) is 0.768. The number of hydrogen-bond donors (Lipinski definition) is 1. The van der Waals surface area contributed by atoms with Crippen molar-refractivity contribution in [2.45, 2.75) is 33.7 Å². The SMILES string of the molecule is Cc1cn(CCNCCC(C)C)c2ccccc12. The van der Waals surface area contributed by atoms with Crippen molar-refractivity contribution < 1.29 is 0 Å². The lowest BCUT2D eigenvalue weighted by Crippen LogP contribution is -2.21. The number of rotatable bonds is 6. The molecule has 0 aliphatic rings. The molecule has 1 heterocycles. The van der Waals surface area contributed by atoms with Gasteiger partial charge < -0.3 is 9.88 Å². The Labute approximate surface area is 110 Å². The number of benzene rings is 1. The molecule has 0 unspecified atom stereocenters. The Morgan fingerprint density at radius 1 is 1.17 bits per heavy atom. The van der Waals surface area contributed by atoms with Gasteiger partial charge in [0, 0.05) is 30.2 Å². The molecule has 98 valence electrons. The van der Waals surface area contributed by atoms with E-state index in [4.69, 9.17) is 0 Å². The summed E-state index contributed by atoms with van der Waals surface area (Å²) in [5.41, 5.74) is 2.72. The number of fused-ring (bicyclic) bond motifs is 1. The predicted molar refractivity (Wildman–Crippen MR) is 79.0 cm³/mol. The zero-order chi connectivity index (χ0) is 13.0. The molecule has 0 aliphatic carbocycles. The molecule has 0 saturated carbocycles. The van der Waals surface area contributed by atoms with E-state index in [0.717, 1.165) is 25.6 Å². The number of nitrogens with zero attached hydrogens (tertiary/aromatic N) is 1. The number of hydrogen-bond acceptors (Lipinski definition) is 1. The first-order valence-electron chi connectivity index (χ1n) is 6.93. The van der Waals surface area contributed by atoms with Gasteiger partial charge in [0.05, 0.1) is 0 Å². The van der Waals surface area contributed by atoms with E-state index in [0.29, 0.717) is 0 Å². The van der Waals surface area contributed by atoms with Crippen molar-refractivity contribution in [1.82, 2.24) is 9.88 Å². The van der Waals surface area contributed by atoms with Crippen LogP contribution in [0.5, 0.6) is 0 Å². The first-order valence-corrected chi connectivity index (χ1v) is 6.93. The molecule has 2 heteroatoms. The minimum atomic E-state index is 0.784. The van der Waals surface area contributed by atoms with Gasteiger partial charge in [-0.3, -0.25) is 0 Å². The van der Waals surface area contributed by atoms with Crippen molar-refractivity contribution >= 4 is 10.9 Å². The maximum absolute atomic E-state index is 3.52. The molecule has 0 atom stereocenters. The van der Waals surface area contributed by atoms with Crippen LogP contribution in [0.15, 0.2) is 30.5 Å². The third-order valence-corrected chi connectivity index (χ3v) is 3.42. The molecule has 1 N–H and O–H groups in total. The van der Waals surface area contributed by atoms with Gasteiger partial charge in [0.2, 0.25) is 0 Å². The zero-order valence-corrected chi connectivity index (χ0v) is 11.7. The van der Waals surface area contributed by atoms with Gasteiger partial charge in [-0.05, 0) is 37.4 Å². The standard InChI is InChI=1S/C16H24N2/c1-13(2)8-9-17-10-11-18-12-14(3)15-6-4-5-7-16(15)18/h4-7,12-13,17H,8-11H2,1-3H3. The van der Waals surface area contributed by atoms with Crippen LogP contribution in [0.1, 0.15) is 25.8 Å². The summed E-state index contributed by atoms with van der Waals surface area (Å²) in [6.45, 7) is 9.94. The maximum Gasteiger partial charge on any atom is 0.0483 e. The van der Waals surface area contributed by atoms with E-state index < -0.39 is 0 Å². The van der Waals surface area contributed by atoms with Crippen LogP contribution in [0, 0.1) is 12.8 Å². The van der Waals surface area contributed by atoms with Crippen molar-refractivity contribution in [3.63, 3.8) is 0 Å². The molecule has 0 fully saturated rings. The van der Waals surface area contributed by atoms with Crippen molar-refractivity contribution in [2.24, 2.45) is 5.92 Å². The Kier molecular flexibility index (Phi) is 4.43. The molecule has 18 heavy (non-hydrogen) atoms. The molecule has 1 aromatic carbocycles. The second kappa shape index (κ2) is 6.05. The molecule has 2 aromatic rings. The van der Waals surface area contributed by atoms with Crippen LogP contribution < -0.4 is 5.32 Å². The molecular formula is C16H24N2. The van der Waals surface area contributed by atoms with E-state index in [9.17, 15) is 0 Å². The van der Waals surface area contributed by atoms with Crippen LogP contribution >= 0.6 is 0 Å². The van der Waals surface area contributed by atoms with Gasteiger partial charge in [-0.25, -0.2) is 0 Å². The van der Waals surface area contributed by atoms with E-state index in [2.05, 4.69) is 61.1 Å². The molecule has 0 radical (unpaired) electrons. The summed E-state index contributed by atoms with van der Waals surface area (Å²) < 4.78 is 2.35. The largest absolute Gasteiger partial charge is 0.346 e. The van der Waals surface area contributed by atoms with Crippen LogP contribution in [0.4, 0.5) is 0 Å². The molecular weight excluding hydrogens is 220 g/mol. The summed E-state index contributed by atoms with van der Waals surface area (Å²) in [7, 11) is 0. The van der Waals surface area contributed by atoms with Gasteiger partial charge in [0.25, 0.3) is 0 Å². The van der Waals surface area contributed by atoms with E-state index in [1.54, 1.807) is 0 Å². The smallest absolute Gasteiger partial charge is 0.0483 e. The van der Waals surface area contributed by atoms with Crippen LogP contribution in [0.3, 0.4) is 0 Å². The predicted octanol–water partition coefficient (Wildman–Crippen LogP) is 3.59. The van der Waals surface area contributed by atoms with Crippen LogP contribution in [-0.2, 0) is 6.54 Å². The van der Waals surface area contributed by atoms with Crippen LogP contribution in [0.25, 0.3) is 10.9 Å². The lowest BCUT2D eigenvalue weighted by Gasteiger charge is -2.08. The molecule has 2 nitrogen and oxygen atoms in total. The van der Waals surface area contributed by atoms with Crippen LogP contribution in [-0.4, -0.2) is 17.7 Å². The van der Waals surface area contributed by atoms with Gasteiger partial charge >= 0.3 is 0 Å². The minimum Gasteiger partial charge on any atom is -0.346 e. The second-order valence-corrected chi connectivity index (χ2v) is 5.46. The fourth-order valence-corrected chi connectivity index (χ4v) is 2.33. The molecule has 0 aliphatic heterocycles. The van der Waals surface area contributed by atoms with Gasteiger partial charge in [0.15, 0.2) is 0 Å². The van der Waals surface area contributed by atoms with E-state index >= 15 is 0 Å². The Bertz CT molecular complexity index is 497. The molecule has 0 spiro atoms. The second-order valence-electron chi connectivity index (χ2n) is 5.46. The summed E-state index contributed by atoms with van der Waals surface area (Å²) in [5, 5.41) is 4.89. The summed E-state index contributed by atoms with van der Waals surface area (Å²) in [6, 6.07) is 8.63.